The van der Waals surface area contributed by atoms with Gasteiger partial charge in [0, 0.05) is 36.3 Å². The number of pyridine rings is 1. The van der Waals surface area contributed by atoms with E-state index in [-0.39, 0.29) is 11.6 Å². The molecular formula is C20H15F3N4OS. The molecule has 0 bridgehead atoms. The van der Waals surface area contributed by atoms with Crippen molar-refractivity contribution >= 4 is 22.9 Å². The third-order valence-electron chi connectivity index (χ3n) is 4.25. The number of hydrogen-bond donors (Lipinski definition) is 1. The van der Waals surface area contributed by atoms with Crippen molar-refractivity contribution in [2.45, 2.75) is 12.6 Å². The van der Waals surface area contributed by atoms with Crippen LogP contribution in [0.4, 0.5) is 13.2 Å². The molecule has 3 aromatic heterocycles. The molecule has 4 aromatic rings. The molecule has 29 heavy (non-hydrogen) atoms. The Morgan fingerprint density at radius 2 is 2.00 bits per heavy atom. The summed E-state index contributed by atoms with van der Waals surface area (Å²) in [5.41, 5.74) is 1.44. The number of fused-ring (bicyclic) bond motifs is 1. The molecule has 0 aliphatic carbocycles. The van der Waals surface area contributed by atoms with Crippen molar-refractivity contribution in [2.75, 3.05) is 6.54 Å². The fourth-order valence-corrected chi connectivity index (χ4v) is 3.64. The first-order chi connectivity index (χ1) is 13.9. The molecule has 9 heteroatoms. The summed E-state index contributed by atoms with van der Waals surface area (Å²) in [6, 6.07) is 10.6. The third-order valence-corrected chi connectivity index (χ3v) is 5.15. The van der Waals surface area contributed by atoms with Crippen LogP contribution in [0, 0.1) is 0 Å². The number of alkyl halides is 3. The first kappa shape index (κ1) is 19.1. The van der Waals surface area contributed by atoms with Crippen LogP contribution in [-0.4, -0.2) is 26.8 Å². The minimum atomic E-state index is -4.43. The van der Waals surface area contributed by atoms with Crippen LogP contribution in [0.25, 0.3) is 16.2 Å². The molecule has 5 nitrogen and oxygen atoms in total. The molecule has 0 unspecified atom stereocenters. The van der Waals surface area contributed by atoms with Gasteiger partial charge in [-0.05, 0) is 24.3 Å². The molecular weight excluding hydrogens is 401 g/mol. The maximum Gasteiger partial charge on any atom is 0.416 e. The average molecular weight is 416 g/mol. The minimum absolute atomic E-state index is 0.178. The van der Waals surface area contributed by atoms with Crippen molar-refractivity contribution in [1.82, 2.24) is 19.7 Å². The second kappa shape index (κ2) is 7.67. The van der Waals surface area contributed by atoms with Gasteiger partial charge >= 0.3 is 6.18 Å². The fourth-order valence-electron chi connectivity index (χ4n) is 2.84. The van der Waals surface area contributed by atoms with Gasteiger partial charge in [0.1, 0.15) is 16.3 Å². The highest BCUT2D eigenvalue weighted by Gasteiger charge is 2.30. The molecule has 0 saturated carbocycles. The number of nitrogens with one attached hydrogen (secondary N) is 1. The molecule has 0 radical (unpaired) electrons. The summed E-state index contributed by atoms with van der Waals surface area (Å²) < 4.78 is 40.5. The van der Waals surface area contributed by atoms with Crippen molar-refractivity contribution in [2.24, 2.45) is 0 Å². The number of halogens is 3. The van der Waals surface area contributed by atoms with E-state index in [0.717, 1.165) is 34.8 Å². The molecule has 0 fully saturated rings. The van der Waals surface area contributed by atoms with Crippen LogP contribution in [0.5, 0.6) is 0 Å². The fraction of sp³-hybridized carbons (Fsp3) is 0.150. The van der Waals surface area contributed by atoms with Crippen molar-refractivity contribution in [3.05, 3.63) is 77.2 Å². The molecule has 1 N–H and O–H groups in total. The van der Waals surface area contributed by atoms with Gasteiger partial charge in [0.15, 0.2) is 0 Å². The highest BCUT2D eigenvalue weighted by Crippen LogP contribution is 2.33. The van der Waals surface area contributed by atoms with Crippen molar-refractivity contribution in [3.8, 4) is 10.6 Å². The van der Waals surface area contributed by atoms with Crippen LogP contribution in [0.1, 0.15) is 21.7 Å². The lowest BCUT2D eigenvalue weighted by atomic mass is 10.1. The van der Waals surface area contributed by atoms with Gasteiger partial charge in [-0.2, -0.15) is 13.2 Å². The van der Waals surface area contributed by atoms with Gasteiger partial charge in [-0.15, -0.1) is 11.3 Å². The summed E-state index contributed by atoms with van der Waals surface area (Å²) in [6.45, 7) is 0.374. The molecule has 3 heterocycles. The van der Waals surface area contributed by atoms with E-state index in [9.17, 15) is 18.0 Å². The molecule has 148 valence electrons. The summed E-state index contributed by atoms with van der Waals surface area (Å²) >= 11 is 1.13. The predicted octanol–water partition coefficient (Wildman–Crippen LogP) is 4.45. The zero-order valence-electron chi connectivity index (χ0n) is 15.0. The lowest BCUT2D eigenvalue weighted by Crippen LogP contribution is -2.26. The number of hydrogen-bond acceptors (Lipinski definition) is 4. The zero-order valence-corrected chi connectivity index (χ0v) is 15.8. The average Bonchev–Trinajstić information content (AvgIpc) is 3.34. The second-order valence-electron chi connectivity index (χ2n) is 6.32. The maximum atomic E-state index is 12.9. The SMILES string of the molecule is O=C(NCCc1cn2ccccc2n1)c1csc(-c2cccc(C(F)(F)F)c2)n1. The number of nitrogens with zero attached hydrogens (tertiary/aromatic N) is 3. The van der Waals surface area contributed by atoms with Gasteiger partial charge < -0.3 is 9.72 Å². The van der Waals surface area contributed by atoms with Crippen molar-refractivity contribution in [3.63, 3.8) is 0 Å². The Kier molecular flexibility index (Phi) is 5.06. The van der Waals surface area contributed by atoms with E-state index in [2.05, 4.69) is 15.3 Å². The van der Waals surface area contributed by atoms with E-state index in [1.807, 2.05) is 35.0 Å². The maximum absolute atomic E-state index is 12.9. The number of benzene rings is 1. The smallest absolute Gasteiger partial charge is 0.350 e. The topological polar surface area (TPSA) is 59.3 Å². The van der Waals surface area contributed by atoms with E-state index in [4.69, 9.17) is 0 Å². The van der Waals surface area contributed by atoms with E-state index in [1.54, 1.807) is 6.07 Å². The Balaban J connectivity index is 1.39. The molecule has 1 aromatic carbocycles. The van der Waals surface area contributed by atoms with Crippen molar-refractivity contribution < 1.29 is 18.0 Å². The molecule has 0 aliphatic rings. The quantitative estimate of drug-likeness (QED) is 0.523. The number of thiazole rings is 1. The van der Waals surface area contributed by atoms with E-state index in [0.29, 0.717) is 23.5 Å². The third kappa shape index (κ3) is 4.29. The number of carbonyl (C=O) groups excluding carboxylic acids is 1. The van der Waals surface area contributed by atoms with Crippen LogP contribution < -0.4 is 5.32 Å². The minimum Gasteiger partial charge on any atom is -0.350 e. The predicted molar refractivity (Wildman–Crippen MR) is 104 cm³/mol. The molecule has 0 spiro atoms. The number of amides is 1. The number of carbonyl (C=O) groups is 1. The number of rotatable bonds is 5. The Morgan fingerprint density at radius 3 is 2.79 bits per heavy atom. The molecule has 0 saturated heterocycles. The lowest BCUT2D eigenvalue weighted by Gasteiger charge is -2.07. The summed E-state index contributed by atoms with van der Waals surface area (Å²) in [6.07, 6.45) is -0.0749. The summed E-state index contributed by atoms with van der Waals surface area (Å²) in [5.74, 6) is -0.372. The molecule has 0 atom stereocenters. The van der Waals surface area contributed by atoms with Crippen LogP contribution in [0.2, 0.25) is 0 Å². The van der Waals surface area contributed by atoms with Gasteiger partial charge in [-0.3, -0.25) is 4.79 Å². The van der Waals surface area contributed by atoms with Gasteiger partial charge in [0.25, 0.3) is 5.91 Å². The van der Waals surface area contributed by atoms with Gasteiger partial charge in [0.05, 0.1) is 11.3 Å². The summed E-state index contributed by atoms with van der Waals surface area (Å²) in [4.78, 5) is 20.9. The standard InChI is InChI=1S/C20H15F3N4OS/c21-20(22,23)14-5-3-4-13(10-14)19-26-16(12-29-19)18(28)24-8-7-15-11-27-9-2-1-6-17(27)25-15/h1-6,9-12H,7-8H2,(H,24,28). The van der Waals surface area contributed by atoms with Crippen molar-refractivity contribution in [1.29, 1.82) is 0 Å². The molecule has 1 amide bonds. The van der Waals surface area contributed by atoms with Gasteiger partial charge in [-0.1, -0.05) is 18.2 Å². The van der Waals surface area contributed by atoms with Crippen LogP contribution >= 0.6 is 11.3 Å². The highest BCUT2D eigenvalue weighted by atomic mass is 32.1. The van der Waals surface area contributed by atoms with E-state index < -0.39 is 11.7 Å². The molecule has 0 aliphatic heterocycles. The largest absolute Gasteiger partial charge is 0.416 e. The first-order valence-corrected chi connectivity index (χ1v) is 9.62. The Hall–Kier alpha value is -3.20. The van der Waals surface area contributed by atoms with Gasteiger partial charge in [0.2, 0.25) is 0 Å². The van der Waals surface area contributed by atoms with Crippen LogP contribution in [0.15, 0.2) is 60.2 Å². The Morgan fingerprint density at radius 1 is 1.14 bits per heavy atom. The summed E-state index contributed by atoms with van der Waals surface area (Å²) in [7, 11) is 0. The molecule has 4 rings (SSSR count). The monoisotopic (exact) mass is 416 g/mol. The Labute approximate surface area is 167 Å². The van der Waals surface area contributed by atoms with E-state index >= 15 is 0 Å². The lowest BCUT2D eigenvalue weighted by molar-refractivity contribution is -0.137. The first-order valence-electron chi connectivity index (χ1n) is 8.74. The summed E-state index contributed by atoms with van der Waals surface area (Å²) in [5, 5.41) is 4.67. The highest BCUT2D eigenvalue weighted by molar-refractivity contribution is 7.13. The van der Waals surface area contributed by atoms with Crippen LogP contribution in [0.3, 0.4) is 0 Å². The number of imidazole rings is 1. The normalized spacial score (nSPS) is 11.7. The Bertz CT molecular complexity index is 1130. The van der Waals surface area contributed by atoms with Crippen LogP contribution in [-0.2, 0) is 12.6 Å². The second-order valence-corrected chi connectivity index (χ2v) is 7.18. The van der Waals surface area contributed by atoms with Gasteiger partial charge in [-0.25, -0.2) is 9.97 Å². The zero-order chi connectivity index (χ0) is 20.4. The van der Waals surface area contributed by atoms with E-state index in [1.165, 1.54) is 11.4 Å². The number of aromatic nitrogens is 3.